The monoisotopic (exact) mass is 220 g/mol. The Morgan fingerprint density at radius 2 is 2.00 bits per heavy atom. The maximum atomic E-state index is 10.1. The second kappa shape index (κ2) is 4.88. The van der Waals surface area contributed by atoms with Gasteiger partial charge in [0.2, 0.25) is 0 Å². The Bertz CT molecular complexity index is 331. The molecular weight excluding hydrogens is 200 g/mol. The van der Waals surface area contributed by atoms with Crippen molar-refractivity contribution >= 4 is 0 Å². The lowest BCUT2D eigenvalue weighted by Gasteiger charge is -2.11. The molecule has 1 aliphatic carbocycles. The van der Waals surface area contributed by atoms with Crippen LogP contribution < -0.4 is 4.74 Å². The van der Waals surface area contributed by atoms with Crippen LogP contribution in [0.4, 0.5) is 0 Å². The highest BCUT2D eigenvalue weighted by Gasteiger charge is 2.39. The van der Waals surface area contributed by atoms with Crippen molar-refractivity contribution in [3.8, 4) is 5.75 Å². The zero-order chi connectivity index (χ0) is 11.5. The van der Waals surface area contributed by atoms with Crippen LogP contribution in [0.15, 0.2) is 24.3 Å². The summed E-state index contributed by atoms with van der Waals surface area (Å²) in [6.45, 7) is 5.03. The largest absolute Gasteiger partial charge is 0.494 e. The molecule has 1 aliphatic rings. The second-order valence-electron chi connectivity index (χ2n) is 4.74. The van der Waals surface area contributed by atoms with Crippen LogP contribution >= 0.6 is 0 Å². The molecule has 2 nitrogen and oxygen atoms in total. The Balaban J connectivity index is 1.96. The summed E-state index contributed by atoms with van der Waals surface area (Å²) in [7, 11) is 0. The number of rotatable bonds is 5. The normalized spacial score (nSPS) is 25.2. The average Bonchev–Trinajstić information content (AvgIpc) is 3.03. The number of aliphatic hydroxyl groups is 1. The summed E-state index contributed by atoms with van der Waals surface area (Å²) in [5.74, 6) is 2.02. The van der Waals surface area contributed by atoms with Gasteiger partial charge in [0.05, 0.1) is 12.7 Å². The van der Waals surface area contributed by atoms with Gasteiger partial charge in [0.25, 0.3) is 0 Å². The van der Waals surface area contributed by atoms with Crippen molar-refractivity contribution in [2.45, 2.75) is 32.8 Å². The molecule has 0 aliphatic heterocycles. The van der Waals surface area contributed by atoms with E-state index >= 15 is 0 Å². The molecule has 0 amide bonds. The molecule has 0 saturated heterocycles. The molecule has 2 rings (SSSR count). The van der Waals surface area contributed by atoms with Crippen molar-refractivity contribution in [1.82, 2.24) is 0 Å². The second-order valence-corrected chi connectivity index (χ2v) is 4.74. The minimum Gasteiger partial charge on any atom is -0.494 e. The molecule has 1 aromatic rings. The topological polar surface area (TPSA) is 29.5 Å². The smallest absolute Gasteiger partial charge is 0.119 e. The van der Waals surface area contributed by atoms with Gasteiger partial charge in [-0.05, 0) is 42.4 Å². The number of benzene rings is 1. The zero-order valence-corrected chi connectivity index (χ0v) is 10.0. The van der Waals surface area contributed by atoms with E-state index in [0.717, 1.165) is 30.8 Å². The zero-order valence-electron chi connectivity index (χ0n) is 10.0. The lowest BCUT2D eigenvalue weighted by Crippen LogP contribution is -2.01. The van der Waals surface area contributed by atoms with E-state index in [1.165, 1.54) is 0 Å². The molecule has 0 heterocycles. The standard InChI is InChI=1S/C14H20O2/c1-3-8-16-12-6-4-11(5-7-12)14(15)13-9-10(13)2/h4-7,10,13-15H,3,8-9H2,1-2H3. The molecular formula is C14H20O2. The fraction of sp³-hybridized carbons (Fsp3) is 0.571. The van der Waals surface area contributed by atoms with E-state index < -0.39 is 0 Å². The lowest BCUT2D eigenvalue weighted by atomic mass is 10.0. The SMILES string of the molecule is CCCOc1ccc(C(O)C2CC2C)cc1. The van der Waals surface area contributed by atoms with Crippen LogP contribution in [0.1, 0.15) is 38.4 Å². The van der Waals surface area contributed by atoms with E-state index in [9.17, 15) is 5.11 Å². The van der Waals surface area contributed by atoms with Crippen LogP contribution in [0.5, 0.6) is 5.75 Å². The molecule has 1 aromatic carbocycles. The van der Waals surface area contributed by atoms with Gasteiger partial charge in [0, 0.05) is 0 Å². The van der Waals surface area contributed by atoms with Crippen molar-refractivity contribution in [2.75, 3.05) is 6.61 Å². The first-order valence-electron chi connectivity index (χ1n) is 6.13. The maximum Gasteiger partial charge on any atom is 0.119 e. The Morgan fingerprint density at radius 1 is 1.38 bits per heavy atom. The molecule has 88 valence electrons. The van der Waals surface area contributed by atoms with E-state index in [-0.39, 0.29) is 6.10 Å². The van der Waals surface area contributed by atoms with Crippen LogP contribution in [0, 0.1) is 11.8 Å². The molecule has 0 aromatic heterocycles. The summed E-state index contributed by atoms with van der Waals surface area (Å²) in [5.41, 5.74) is 1.01. The fourth-order valence-electron chi connectivity index (χ4n) is 2.02. The van der Waals surface area contributed by atoms with Crippen molar-refractivity contribution in [3.05, 3.63) is 29.8 Å². The highest BCUT2D eigenvalue weighted by atomic mass is 16.5. The number of hydrogen-bond donors (Lipinski definition) is 1. The highest BCUT2D eigenvalue weighted by molar-refractivity contribution is 5.29. The van der Waals surface area contributed by atoms with Crippen LogP contribution in [-0.2, 0) is 0 Å². The van der Waals surface area contributed by atoms with E-state index in [2.05, 4.69) is 13.8 Å². The molecule has 3 unspecified atom stereocenters. The first-order valence-corrected chi connectivity index (χ1v) is 6.13. The van der Waals surface area contributed by atoms with Crippen molar-refractivity contribution in [2.24, 2.45) is 11.8 Å². The summed E-state index contributed by atoms with van der Waals surface area (Å²) < 4.78 is 5.51. The van der Waals surface area contributed by atoms with Gasteiger partial charge in [0.1, 0.15) is 5.75 Å². The van der Waals surface area contributed by atoms with Gasteiger partial charge < -0.3 is 9.84 Å². The van der Waals surface area contributed by atoms with Gasteiger partial charge in [-0.15, -0.1) is 0 Å². The Kier molecular flexibility index (Phi) is 3.49. The maximum absolute atomic E-state index is 10.1. The molecule has 0 spiro atoms. The summed E-state index contributed by atoms with van der Waals surface area (Å²) in [6, 6.07) is 7.84. The van der Waals surface area contributed by atoms with Gasteiger partial charge in [0.15, 0.2) is 0 Å². The predicted molar refractivity (Wildman–Crippen MR) is 64.5 cm³/mol. The van der Waals surface area contributed by atoms with Crippen molar-refractivity contribution in [3.63, 3.8) is 0 Å². The molecule has 3 atom stereocenters. The number of aliphatic hydroxyl groups excluding tert-OH is 1. The summed E-state index contributed by atoms with van der Waals surface area (Å²) in [6.07, 6.45) is 1.87. The Hall–Kier alpha value is -1.02. The minimum atomic E-state index is -0.296. The Morgan fingerprint density at radius 3 is 2.50 bits per heavy atom. The molecule has 1 fully saturated rings. The van der Waals surface area contributed by atoms with E-state index in [0.29, 0.717) is 11.8 Å². The van der Waals surface area contributed by atoms with Crippen LogP contribution in [0.2, 0.25) is 0 Å². The van der Waals surface area contributed by atoms with E-state index in [4.69, 9.17) is 4.74 Å². The third kappa shape index (κ3) is 2.56. The highest BCUT2D eigenvalue weighted by Crippen LogP contribution is 2.46. The van der Waals surface area contributed by atoms with Gasteiger partial charge in [-0.3, -0.25) is 0 Å². The molecule has 16 heavy (non-hydrogen) atoms. The van der Waals surface area contributed by atoms with Gasteiger partial charge in [-0.2, -0.15) is 0 Å². The average molecular weight is 220 g/mol. The molecule has 1 N–H and O–H groups in total. The molecule has 0 bridgehead atoms. The molecule has 1 saturated carbocycles. The molecule has 0 radical (unpaired) electrons. The third-order valence-corrected chi connectivity index (χ3v) is 3.27. The lowest BCUT2D eigenvalue weighted by molar-refractivity contribution is 0.148. The third-order valence-electron chi connectivity index (χ3n) is 3.27. The first-order chi connectivity index (χ1) is 7.72. The summed E-state index contributed by atoms with van der Waals surface area (Å²) >= 11 is 0. The fourth-order valence-corrected chi connectivity index (χ4v) is 2.02. The number of hydrogen-bond acceptors (Lipinski definition) is 2. The first kappa shape index (κ1) is 11.5. The van der Waals surface area contributed by atoms with E-state index in [1.807, 2.05) is 24.3 Å². The number of ether oxygens (including phenoxy) is 1. The van der Waals surface area contributed by atoms with Gasteiger partial charge in [-0.1, -0.05) is 26.0 Å². The summed E-state index contributed by atoms with van der Waals surface area (Å²) in [5, 5.41) is 10.1. The van der Waals surface area contributed by atoms with Crippen LogP contribution in [0.3, 0.4) is 0 Å². The van der Waals surface area contributed by atoms with Crippen LogP contribution in [0.25, 0.3) is 0 Å². The quantitative estimate of drug-likeness (QED) is 0.826. The van der Waals surface area contributed by atoms with Gasteiger partial charge >= 0.3 is 0 Å². The molecule has 2 heteroatoms. The summed E-state index contributed by atoms with van der Waals surface area (Å²) in [4.78, 5) is 0. The van der Waals surface area contributed by atoms with Gasteiger partial charge in [-0.25, -0.2) is 0 Å². The Labute approximate surface area is 97.3 Å². The van der Waals surface area contributed by atoms with Crippen molar-refractivity contribution in [1.29, 1.82) is 0 Å². The minimum absolute atomic E-state index is 0.296. The van der Waals surface area contributed by atoms with E-state index in [1.54, 1.807) is 0 Å². The predicted octanol–water partition coefficient (Wildman–Crippen LogP) is 3.16. The van der Waals surface area contributed by atoms with Crippen molar-refractivity contribution < 1.29 is 9.84 Å². The van der Waals surface area contributed by atoms with Crippen LogP contribution in [-0.4, -0.2) is 11.7 Å².